The van der Waals surface area contributed by atoms with Crippen LogP contribution in [-0.4, -0.2) is 37.9 Å². The summed E-state index contributed by atoms with van der Waals surface area (Å²) in [6.45, 7) is 0. The third-order valence-corrected chi connectivity index (χ3v) is 3.95. The number of nitrogens with one attached hydrogen (secondary N) is 1. The Morgan fingerprint density at radius 3 is 2.73 bits per heavy atom. The van der Waals surface area contributed by atoms with Crippen LogP contribution in [-0.2, 0) is 14.4 Å². The van der Waals surface area contributed by atoms with E-state index in [9.17, 15) is 9.59 Å². The van der Waals surface area contributed by atoms with E-state index in [-0.39, 0.29) is 11.5 Å². The number of oxime groups is 1. The Labute approximate surface area is 150 Å². The lowest BCUT2D eigenvalue weighted by Crippen LogP contribution is -2.28. The minimum absolute atomic E-state index is 0.273. The molecule has 7 nitrogen and oxygen atoms in total. The predicted molar refractivity (Wildman–Crippen MR) is 95.4 cm³/mol. The molecule has 0 bridgehead atoms. The SMILES string of the molecule is COC(=O)c1ccccc1NC(=O)[C@@H]1CC(c2cccc(OC)c2)=NO1. The Kier molecular flexibility index (Phi) is 5.17. The van der Waals surface area contributed by atoms with E-state index < -0.39 is 12.1 Å². The average molecular weight is 354 g/mol. The molecule has 1 aliphatic rings. The average Bonchev–Trinajstić information content (AvgIpc) is 3.18. The van der Waals surface area contributed by atoms with E-state index in [1.807, 2.05) is 24.3 Å². The number of para-hydroxylation sites is 1. The topological polar surface area (TPSA) is 86.2 Å². The van der Waals surface area contributed by atoms with Crippen molar-refractivity contribution in [1.29, 1.82) is 0 Å². The van der Waals surface area contributed by atoms with Gasteiger partial charge in [-0.3, -0.25) is 4.79 Å². The van der Waals surface area contributed by atoms with Gasteiger partial charge in [0.25, 0.3) is 5.91 Å². The molecule has 3 rings (SSSR count). The van der Waals surface area contributed by atoms with Gasteiger partial charge in [0.2, 0.25) is 6.10 Å². The highest BCUT2D eigenvalue weighted by molar-refractivity contribution is 6.07. The van der Waals surface area contributed by atoms with E-state index >= 15 is 0 Å². The molecule has 0 saturated carbocycles. The smallest absolute Gasteiger partial charge is 0.339 e. The summed E-state index contributed by atoms with van der Waals surface area (Å²) in [5.74, 6) is -0.213. The molecule has 1 N–H and O–H groups in total. The van der Waals surface area contributed by atoms with Gasteiger partial charge in [-0.25, -0.2) is 4.79 Å². The fourth-order valence-electron chi connectivity index (χ4n) is 2.58. The third kappa shape index (κ3) is 3.66. The van der Waals surface area contributed by atoms with Crippen molar-refractivity contribution in [3.8, 4) is 5.75 Å². The van der Waals surface area contributed by atoms with Crippen LogP contribution in [0, 0.1) is 0 Å². The number of amides is 1. The van der Waals surface area contributed by atoms with Gasteiger partial charge in [0.15, 0.2) is 0 Å². The van der Waals surface area contributed by atoms with Gasteiger partial charge in [0.05, 0.1) is 31.2 Å². The molecule has 0 radical (unpaired) electrons. The maximum absolute atomic E-state index is 12.5. The highest BCUT2D eigenvalue weighted by Gasteiger charge is 2.29. The number of carbonyl (C=O) groups is 2. The van der Waals surface area contributed by atoms with E-state index in [2.05, 4.69) is 10.5 Å². The van der Waals surface area contributed by atoms with Crippen molar-refractivity contribution in [3.63, 3.8) is 0 Å². The number of carbonyl (C=O) groups excluding carboxylic acids is 2. The van der Waals surface area contributed by atoms with Crippen LogP contribution in [0.1, 0.15) is 22.3 Å². The minimum atomic E-state index is -0.776. The van der Waals surface area contributed by atoms with E-state index in [0.717, 1.165) is 5.56 Å². The van der Waals surface area contributed by atoms with Crippen molar-refractivity contribution >= 4 is 23.3 Å². The normalized spacial score (nSPS) is 15.6. The number of nitrogens with zero attached hydrogens (tertiary/aromatic N) is 1. The van der Waals surface area contributed by atoms with E-state index in [0.29, 0.717) is 23.6 Å². The van der Waals surface area contributed by atoms with Gasteiger partial charge in [-0.2, -0.15) is 0 Å². The Morgan fingerprint density at radius 1 is 1.15 bits per heavy atom. The van der Waals surface area contributed by atoms with Crippen molar-refractivity contribution in [2.75, 3.05) is 19.5 Å². The van der Waals surface area contributed by atoms with Crippen molar-refractivity contribution in [3.05, 3.63) is 59.7 Å². The van der Waals surface area contributed by atoms with Crippen molar-refractivity contribution < 1.29 is 23.9 Å². The number of hydrogen-bond donors (Lipinski definition) is 1. The molecule has 0 saturated heterocycles. The molecule has 1 amide bonds. The third-order valence-electron chi connectivity index (χ3n) is 3.95. The van der Waals surface area contributed by atoms with Gasteiger partial charge in [0, 0.05) is 12.0 Å². The molecule has 1 atom stereocenters. The van der Waals surface area contributed by atoms with Crippen LogP contribution >= 0.6 is 0 Å². The number of hydrogen-bond acceptors (Lipinski definition) is 6. The maximum Gasteiger partial charge on any atom is 0.339 e. The molecule has 1 heterocycles. The van der Waals surface area contributed by atoms with Gasteiger partial charge in [0.1, 0.15) is 5.75 Å². The molecule has 1 aliphatic heterocycles. The minimum Gasteiger partial charge on any atom is -0.497 e. The zero-order chi connectivity index (χ0) is 18.5. The Morgan fingerprint density at radius 2 is 1.96 bits per heavy atom. The lowest BCUT2D eigenvalue weighted by atomic mass is 10.0. The first-order valence-corrected chi connectivity index (χ1v) is 7.97. The first kappa shape index (κ1) is 17.5. The number of ether oxygens (including phenoxy) is 2. The molecule has 7 heteroatoms. The Balaban J connectivity index is 1.69. The summed E-state index contributed by atoms with van der Waals surface area (Å²) < 4.78 is 9.92. The summed E-state index contributed by atoms with van der Waals surface area (Å²) in [6, 6.07) is 14.0. The summed E-state index contributed by atoms with van der Waals surface area (Å²) in [5, 5.41) is 6.71. The second-order valence-electron chi connectivity index (χ2n) is 5.59. The monoisotopic (exact) mass is 354 g/mol. The summed E-state index contributed by atoms with van der Waals surface area (Å²) in [7, 11) is 2.87. The first-order chi connectivity index (χ1) is 12.6. The van der Waals surface area contributed by atoms with Crippen LogP contribution < -0.4 is 10.1 Å². The van der Waals surface area contributed by atoms with Crippen molar-refractivity contribution in [2.45, 2.75) is 12.5 Å². The van der Waals surface area contributed by atoms with Crippen LogP contribution in [0.25, 0.3) is 0 Å². The number of rotatable bonds is 5. The van der Waals surface area contributed by atoms with E-state index in [1.54, 1.807) is 31.4 Å². The zero-order valence-electron chi connectivity index (χ0n) is 14.4. The number of benzene rings is 2. The molecule has 0 spiro atoms. The fourth-order valence-corrected chi connectivity index (χ4v) is 2.58. The molecule has 0 unspecified atom stereocenters. The molecular formula is C19H18N2O5. The van der Waals surface area contributed by atoms with E-state index in [4.69, 9.17) is 14.3 Å². The molecule has 134 valence electrons. The Bertz CT molecular complexity index is 863. The van der Waals surface area contributed by atoms with Crippen LogP contribution in [0.2, 0.25) is 0 Å². The lowest BCUT2D eigenvalue weighted by molar-refractivity contribution is -0.125. The standard InChI is InChI=1S/C19H18N2O5/c1-24-13-7-5-6-12(10-13)16-11-17(26-21-16)18(22)20-15-9-4-3-8-14(15)19(23)25-2/h3-10,17H,11H2,1-2H3,(H,20,22)/t17-/m0/s1. The van der Waals surface area contributed by atoms with Gasteiger partial charge < -0.3 is 19.6 Å². The zero-order valence-corrected chi connectivity index (χ0v) is 14.4. The molecular weight excluding hydrogens is 336 g/mol. The highest BCUT2D eigenvalue weighted by Crippen LogP contribution is 2.22. The fraction of sp³-hybridized carbons (Fsp3) is 0.211. The number of methoxy groups -OCH3 is 2. The van der Waals surface area contributed by atoms with Crippen LogP contribution in [0.3, 0.4) is 0 Å². The highest BCUT2D eigenvalue weighted by atomic mass is 16.6. The molecule has 2 aromatic rings. The lowest BCUT2D eigenvalue weighted by Gasteiger charge is -2.12. The quantitative estimate of drug-likeness (QED) is 0.834. The summed E-state index contributed by atoms with van der Waals surface area (Å²) in [4.78, 5) is 29.6. The largest absolute Gasteiger partial charge is 0.497 e. The Hall–Kier alpha value is -3.35. The van der Waals surface area contributed by atoms with Crippen LogP contribution in [0.4, 0.5) is 5.69 Å². The molecule has 0 aliphatic carbocycles. The van der Waals surface area contributed by atoms with Crippen LogP contribution in [0.15, 0.2) is 53.7 Å². The second kappa shape index (κ2) is 7.69. The van der Waals surface area contributed by atoms with Crippen LogP contribution in [0.5, 0.6) is 5.75 Å². The summed E-state index contributed by atoms with van der Waals surface area (Å²) in [6.07, 6.45) is -0.457. The number of esters is 1. The molecule has 0 fully saturated rings. The second-order valence-corrected chi connectivity index (χ2v) is 5.59. The predicted octanol–water partition coefficient (Wildman–Crippen LogP) is 2.61. The van der Waals surface area contributed by atoms with Gasteiger partial charge in [-0.05, 0) is 24.3 Å². The molecule has 0 aromatic heterocycles. The molecule has 2 aromatic carbocycles. The maximum atomic E-state index is 12.5. The van der Waals surface area contributed by atoms with E-state index in [1.165, 1.54) is 7.11 Å². The van der Waals surface area contributed by atoms with Gasteiger partial charge in [-0.15, -0.1) is 0 Å². The van der Waals surface area contributed by atoms with Gasteiger partial charge >= 0.3 is 5.97 Å². The first-order valence-electron chi connectivity index (χ1n) is 7.97. The molecule has 26 heavy (non-hydrogen) atoms. The van der Waals surface area contributed by atoms with Crippen molar-refractivity contribution in [2.24, 2.45) is 5.16 Å². The van der Waals surface area contributed by atoms with Gasteiger partial charge in [-0.1, -0.05) is 29.4 Å². The van der Waals surface area contributed by atoms with Crippen molar-refractivity contribution in [1.82, 2.24) is 0 Å². The number of anilines is 1. The summed E-state index contributed by atoms with van der Waals surface area (Å²) >= 11 is 0. The summed E-state index contributed by atoms with van der Waals surface area (Å²) in [5.41, 5.74) is 2.12.